The zero-order valence-corrected chi connectivity index (χ0v) is 23.5. The summed E-state index contributed by atoms with van der Waals surface area (Å²) in [6, 6.07) is 8.14. The van der Waals surface area contributed by atoms with Gasteiger partial charge in [0.05, 0.1) is 11.1 Å². The second kappa shape index (κ2) is 11.2. The molecule has 2 aromatic heterocycles. The van der Waals surface area contributed by atoms with E-state index in [1.807, 2.05) is 27.7 Å². The smallest absolute Gasteiger partial charge is 0.407 e. The van der Waals surface area contributed by atoms with E-state index < -0.39 is 21.7 Å². The summed E-state index contributed by atoms with van der Waals surface area (Å²) in [6.45, 7) is 8.09. The van der Waals surface area contributed by atoms with Crippen molar-refractivity contribution in [3.8, 4) is 0 Å². The Morgan fingerprint density at radius 3 is 2.33 bits per heavy atom. The molecule has 0 radical (unpaired) electrons. The number of hydrogen-bond donors (Lipinski definition) is 3. The van der Waals surface area contributed by atoms with Crippen LogP contribution in [-0.4, -0.2) is 56.4 Å². The highest BCUT2D eigenvalue weighted by Gasteiger charge is 2.31. The maximum absolute atomic E-state index is 13.0. The summed E-state index contributed by atoms with van der Waals surface area (Å²) in [5.41, 5.74) is 6.50. The van der Waals surface area contributed by atoms with Gasteiger partial charge in [0.25, 0.3) is 10.0 Å². The van der Waals surface area contributed by atoms with Crippen LogP contribution < -0.4 is 10.9 Å². The maximum Gasteiger partial charge on any atom is 0.407 e. The van der Waals surface area contributed by atoms with Crippen LogP contribution >= 0.6 is 0 Å². The fourth-order valence-electron chi connectivity index (χ4n) is 4.93. The molecule has 3 aromatic rings. The minimum atomic E-state index is -3.82. The Bertz CT molecular complexity index is 1440. The van der Waals surface area contributed by atoms with Crippen LogP contribution in [-0.2, 0) is 14.8 Å². The van der Waals surface area contributed by atoms with Crippen molar-refractivity contribution in [3.05, 3.63) is 48.3 Å². The number of fused-ring (bicyclic) bond motifs is 1. The number of benzene rings is 1. The van der Waals surface area contributed by atoms with Gasteiger partial charge in [0.15, 0.2) is 11.5 Å². The number of carboxylic acid groups (broad SMARTS) is 1. The first kappa shape index (κ1) is 28.3. The van der Waals surface area contributed by atoms with Crippen molar-refractivity contribution >= 4 is 39.0 Å². The Balaban J connectivity index is 1.30. The SMILES string of the molecule is Cc1ccc(S(=O)(=O)n2ccc3nc(NNC(=O)CC4CCC(CN(C(=O)O)C(C)(C)C)CC4)cnc32)cc1. The highest BCUT2D eigenvalue weighted by molar-refractivity contribution is 7.90. The first-order chi connectivity index (χ1) is 18.3. The van der Waals surface area contributed by atoms with Crippen LogP contribution in [0.15, 0.2) is 47.6 Å². The zero-order chi connectivity index (χ0) is 28.4. The summed E-state index contributed by atoms with van der Waals surface area (Å²) in [7, 11) is -3.82. The summed E-state index contributed by atoms with van der Waals surface area (Å²) < 4.78 is 27.2. The van der Waals surface area contributed by atoms with Gasteiger partial charge in [0.1, 0.15) is 5.52 Å². The third kappa shape index (κ3) is 6.67. The summed E-state index contributed by atoms with van der Waals surface area (Å²) in [5, 5.41) is 9.54. The monoisotopic (exact) mass is 556 g/mol. The number of hydrogen-bond acceptors (Lipinski definition) is 7. The second-order valence-corrected chi connectivity index (χ2v) is 13.0. The molecule has 2 heterocycles. The lowest BCUT2D eigenvalue weighted by molar-refractivity contribution is -0.121. The Hall–Kier alpha value is -3.67. The highest BCUT2D eigenvalue weighted by Crippen LogP contribution is 2.32. The minimum Gasteiger partial charge on any atom is -0.465 e. The summed E-state index contributed by atoms with van der Waals surface area (Å²) in [4.78, 5) is 34.5. The van der Waals surface area contributed by atoms with E-state index in [0.717, 1.165) is 35.2 Å². The van der Waals surface area contributed by atoms with Gasteiger partial charge in [-0.3, -0.25) is 15.6 Å². The van der Waals surface area contributed by atoms with Crippen molar-refractivity contribution in [2.45, 2.75) is 70.2 Å². The zero-order valence-electron chi connectivity index (χ0n) is 22.7. The lowest BCUT2D eigenvalue weighted by Crippen LogP contribution is -2.47. The van der Waals surface area contributed by atoms with Crippen LogP contribution in [0.3, 0.4) is 0 Å². The number of aromatic nitrogens is 3. The number of anilines is 1. The largest absolute Gasteiger partial charge is 0.465 e. The van der Waals surface area contributed by atoms with Gasteiger partial charge in [-0.1, -0.05) is 17.7 Å². The molecular weight excluding hydrogens is 520 g/mol. The molecule has 0 atom stereocenters. The van der Waals surface area contributed by atoms with Crippen molar-refractivity contribution in [3.63, 3.8) is 0 Å². The molecule has 4 rings (SSSR count). The van der Waals surface area contributed by atoms with Gasteiger partial charge < -0.3 is 10.0 Å². The molecule has 1 fully saturated rings. The molecule has 0 spiro atoms. The molecule has 1 aliphatic rings. The number of nitrogens with one attached hydrogen (secondary N) is 2. The molecule has 1 saturated carbocycles. The van der Waals surface area contributed by atoms with Crippen LogP contribution in [0.5, 0.6) is 0 Å². The molecule has 12 heteroatoms. The molecule has 3 N–H and O–H groups in total. The first-order valence-corrected chi connectivity index (χ1v) is 14.5. The van der Waals surface area contributed by atoms with Gasteiger partial charge in [-0.05, 0) is 83.4 Å². The van der Waals surface area contributed by atoms with Gasteiger partial charge >= 0.3 is 6.09 Å². The van der Waals surface area contributed by atoms with E-state index in [2.05, 4.69) is 20.8 Å². The van der Waals surface area contributed by atoms with E-state index in [9.17, 15) is 23.1 Å². The molecule has 1 aliphatic carbocycles. The summed E-state index contributed by atoms with van der Waals surface area (Å²) >= 11 is 0. The third-order valence-corrected chi connectivity index (χ3v) is 8.87. The normalized spacial score (nSPS) is 18.1. The number of nitrogens with zero attached hydrogens (tertiary/aromatic N) is 4. The predicted octanol–water partition coefficient (Wildman–Crippen LogP) is 4.39. The number of carbonyl (C=O) groups is 2. The molecule has 0 aliphatic heterocycles. The fourth-order valence-corrected chi connectivity index (χ4v) is 6.22. The lowest BCUT2D eigenvalue weighted by Gasteiger charge is -2.38. The van der Waals surface area contributed by atoms with Crippen LogP contribution in [0.25, 0.3) is 11.2 Å². The van der Waals surface area contributed by atoms with Crippen LogP contribution in [0.2, 0.25) is 0 Å². The number of aryl methyl sites for hydroxylation is 1. The Morgan fingerprint density at radius 1 is 1.08 bits per heavy atom. The lowest BCUT2D eigenvalue weighted by atomic mass is 9.80. The van der Waals surface area contributed by atoms with E-state index in [4.69, 9.17) is 0 Å². The first-order valence-electron chi connectivity index (χ1n) is 13.1. The third-order valence-electron chi connectivity index (χ3n) is 7.19. The van der Waals surface area contributed by atoms with E-state index in [1.165, 1.54) is 17.3 Å². The molecule has 210 valence electrons. The standard InChI is InChI=1S/C27H36N6O5S/c1-18-5-11-21(12-6-18)39(37,38)33-14-13-22-25(33)28-16-23(29-22)30-31-24(34)15-19-7-9-20(10-8-19)17-32(26(35)36)27(2,3)4/h5-6,11-14,16,19-20H,7-10,15,17H2,1-4H3,(H,29,30)(H,31,34)(H,35,36). The summed E-state index contributed by atoms with van der Waals surface area (Å²) in [5.74, 6) is 0.634. The predicted molar refractivity (Wildman–Crippen MR) is 148 cm³/mol. The minimum absolute atomic E-state index is 0.157. The molecule has 2 amide bonds. The molecule has 11 nitrogen and oxygen atoms in total. The molecular formula is C27H36N6O5S. The quantitative estimate of drug-likeness (QED) is 0.346. The molecule has 39 heavy (non-hydrogen) atoms. The van der Waals surface area contributed by atoms with E-state index in [0.29, 0.717) is 30.2 Å². The second-order valence-electron chi connectivity index (χ2n) is 11.2. The number of amides is 2. The topological polar surface area (TPSA) is 147 Å². The van der Waals surface area contributed by atoms with Gasteiger partial charge in [-0.15, -0.1) is 0 Å². The van der Waals surface area contributed by atoms with Crippen LogP contribution in [0.4, 0.5) is 10.6 Å². The number of carbonyl (C=O) groups excluding carboxylic acids is 1. The van der Waals surface area contributed by atoms with Gasteiger partial charge in [0.2, 0.25) is 5.91 Å². The molecule has 0 saturated heterocycles. The van der Waals surface area contributed by atoms with Gasteiger partial charge in [-0.2, -0.15) is 0 Å². The average Bonchev–Trinajstić information content (AvgIpc) is 3.30. The van der Waals surface area contributed by atoms with Crippen molar-refractivity contribution in [2.75, 3.05) is 12.0 Å². The number of hydrazine groups is 1. The van der Waals surface area contributed by atoms with Crippen molar-refractivity contribution in [2.24, 2.45) is 11.8 Å². The highest BCUT2D eigenvalue weighted by atomic mass is 32.2. The van der Waals surface area contributed by atoms with Gasteiger partial charge in [-0.25, -0.2) is 27.2 Å². The Morgan fingerprint density at radius 2 is 1.72 bits per heavy atom. The van der Waals surface area contributed by atoms with E-state index >= 15 is 0 Å². The van der Waals surface area contributed by atoms with Gasteiger partial charge in [0, 0.05) is 24.7 Å². The van der Waals surface area contributed by atoms with Crippen molar-refractivity contribution in [1.29, 1.82) is 0 Å². The van der Waals surface area contributed by atoms with E-state index in [-0.39, 0.29) is 22.4 Å². The average molecular weight is 557 g/mol. The van der Waals surface area contributed by atoms with Crippen molar-refractivity contribution < 1.29 is 23.1 Å². The summed E-state index contributed by atoms with van der Waals surface area (Å²) in [6.07, 6.45) is 5.73. The van der Waals surface area contributed by atoms with Crippen LogP contribution in [0, 0.1) is 18.8 Å². The molecule has 1 aromatic carbocycles. The van der Waals surface area contributed by atoms with Crippen molar-refractivity contribution in [1.82, 2.24) is 24.3 Å². The Kier molecular flexibility index (Phi) is 8.15. The molecule has 0 unspecified atom stereocenters. The fraction of sp³-hybridized carbons (Fsp3) is 0.481. The number of rotatable bonds is 8. The van der Waals surface area contributed by atoms with Crippen LogP contribution in [0.1, 0.15) is 58.4 Å². The Labute approximate surface area is 228 Å². The maximum atomic E-state index is 13.0. The molecule has 0 bridgehead atoms. The van der Waals surface area contributed by atoms with E-state index in [1.54, 1.807) is 30.3 Å².